The maximum absolute atomic E-state index is 10.9. The number of nitro benzene ring substituents is 1. The third-order valence-electron chi connectivity index (χ3n) is 2.77. The number of anilines is 1. The monoisotopic (exact) mass is 272 g/mol. The lowest BCUT2D eigenvalue weighted by Gasteiger charge is -2.09. The van der Waals surface area contributed by atoms with E-state index in [-0.39, 0.29) is 10.6 Å². The summed E-state index contributed by atoms with van der Waals surface area (Å²) in [5.41, 5.74) is 1.48. The molecule has 0 aliphatic heterocycles. The van der Waals surface area contributed by atoms with E-state index in [0.29, 0.717) is 18.8 Å². The van der Waals surface area contributed by atoms with E-state index >= 15 is 0 Å². The van der Waals surface area contributed by atoms with E-state index in [1.165, 1.54) is 6.07 Å². The lowest BCUT2D eigenvalue weighted by molar-refractivity contribution is -0.384. The number of hydrogen-bond acceptors (Lipinski definition) is 4. The van der Waals surface area contributed by atoms with Crippen LogP contribution in [0, 0.1) is 10.1 Å². The summed E-state index contributed by atoms with van der Waals surface area (Å²) >= 11 is 0. The van der Waals surface area contributed by atoms with E-state index in [0.717, 1.165) is 11.3 Å². The Bertz CT molecular complexity index is 585. The molecule has 5 nitrogen and oxygen atoms in total. The summed E-state index contributed by atoms with van der Waals surface area (Å²) in [5.74, 6) is 0.774. The first-order valence-electron chi connectivity index (χ1n) is 6.39. The Morgan fingerprint density at radius 3 is 2.60 bits per heavy atom. The number of nitrogens with zero attached hydrogens (tertiary/aromatic N) is 1. The average Bonchev–Trinajstić information content (AvgIpc) is 2.46. The molecule has 0 saturated heterocycles. The van der Waals surface area contributed by atoms with Crippen molar-refractivity contribution in [1.29, 1.82) is 0 Å². The van der Waals surface area contributed by atoms with E-state index in [1.54, 1.807) is 12.1 Å². The first kappa shape index (κ1) is 13.9. The molecule has 0 aliphatic rings. The highest BCUT2D eigenvalue weighted by molar-refractivity contribution is 5.62. The number of hydrogen-bond donors (Lipinski definition) is 1. The molecule has 0 spiro atoms. The van der Waals surface area contributed by atoms with Gasteiger partial charge in [0.15, 0.2) is 0 Å². The first-order chi connectivity index (χ1) is 9.70. The molecular weight excluding hydrogens is 256 g/mol. The zero-order valence-electron chi connectivity index (χ0n) is 11.2. The van der Waals surface area contributed by atoms with Crippen molar-refractivity contribution in [3.63, 3.8) is 0 Å². The SMILES string of the molecule is CCNc1cc(COc2ccccc2)ccc1[N+](=O)[O-]. The summed E-state index contributed by atoms with van der Waals surface area (Å²) < 4.78 is 5.63. The molecule has 104 valence electrons. The molecule has 2 aromatic rings. The van der Waals surface area contributed by atoms with Crippen molar-refractivity contribution in [1.82, 2.24) is 0 Å². The number of nitrogens with one attached hydrogen (secondary N) is 1. The quantitative estimate of drug-likeness (QED) is 0.644. The van der Waals surface area contributed by atoms with Crippen molar-refractivity contribution in [3.05, 3.63) is 64.2 Å². The standard InChI is InChI=1S/C15H16N2O3/c1-2-16-14-10-12(8-9-15(14)17(18)19)11-20-13-6-4-3-5-7-13/h3-10,16H,2,11H2,1H3. The molecule has 20 heavy (non-hydrogen) atoms. The van der Waals surface area contributed by atoms with Crippen molar-refractivity contribution < 1.29 is 9.66 Å². The topological polar surface area (TPSA) is 64.4 Å². The van der Waals surface area contributed by atoms with Gasteiger partial charge in [0, 0.05) is 12.6 Å². The molecule has 0 aromatic heterocycles. The van der Waals surface area contributed by atoms with Gasteiger partial charge < -0.3 is 10.1 Å². The van der Waals surface area contributed by atoms with Crippen LogP contribution in [0.3, 0.4) is 0 Å². The predicted molar refractivity (Wildman–Crippen MR) is 78.0 cm³/mol. The molecule has 0 amide bonds. The van der Waals surface area contributed by atoms with Crippen molar-refractivity contribution in [3.8, 4) is 5.75 Å². The zero-order chi connectivity index (χ0) is 14.4. The lowest BCUT2D eigenvalue weighted by Crippen LogP contribution is -2.03. The number of nitro groups is 1. The van der Waals surface area contributed by atoms with E-state index in [2.05, 4.69) is 5.32 Å². The van der Waals surface area contributed by atoms with Gasteiger partial charge in [-0.2, -0.15) is 0 Å². The van der Waals surface area contributed by atoms with Crippen LogP contribution >= 0.6 is 0 Å². The van der Waals surface area contributed by atoms with Crippen molar-refractivity contribution in [2.75, 3.05) is 11.9 Å². The van der Waals surface area contributed by atoms with Crippen LogP contribution in [-0.2, 0) is 6.61 Å². The highest BCUT2D eigenvalue weighted by Gasteiger charge is 2.13. The molecule has 0 atom stereocenters. The molecule has 2 aromatic carbocycles. The lowest BCUT2D eigenvalue weighted by atomic mass is 10.2. The van der Waals surface area contributed by atoms with Gasteiger partial charge in [-0.25, -0.2) is 0 Å². The van der Waals surface area contributed by atoms with Crippen LogP contribution in [0.4, 0.5) is 11.4 Å². The highest BCUT2D eigenvalue weighted by Crippen LogP contribution is 2.26. The fraction of sp³-hybridized carbons (Fsp3) is 0.200. The zero-order valence-corrected chi connectivity index (χ0v) is 11.2. The Kier molecular flexibility index (Phi) is 4.55. The van der Waals surface area contributed by atoms with E-state index in [4.69, 9.17) is 4.74 Å². The van der Waals surface area contributed by atoms with Gasteiger partial charge in [0.25, 0.3) is 5.69 Å². The van der Waals surface area contributed by atoms with Crippen molar-refractivity contribution >= 4 is 11.4 Å². The fourth-order valence-electron chi connectivity index (χ4n) is 1.85. The molecule has 0 radical (unpaired) electrons. The Morgan fingerprint density at radius 1 is 1.20 bits per heavy atom. The van der Waals surface area contributed by atoms with Crippen molar-refractivity contribution in [2.45, 2.75) is 13.5 Å². The van der Waals surface area contributed by atoms with Gasteiger partial charge in [-0.1, -0.05) is 18.2 Å². The molecule has 0 heterocycles. The van der Waals surface area contributed by atoms with Crippen LogP contribution in [0.2, 0.25) is 0 Å². The molecule has 0 unspecified atom stereocenters. The smallest absolute Gasteiger partial charge is 0.292 e. The van der Waals surface area contributed by atoms with Gasteiger partial charge >= 0.3 is 0 Å². The second-order valence-electron chi connectivity index (χ2n) is 4.24. The van der Waals surface area contributed by atoms with Gasteiger partial charge in [-0.3, -0.25) is 10.1 Å². The van der Waals surface area contributed by atoms with Crippen LogP contribution in [-0.4, -0.2) is 11.5 Å². The summed E-state index contributed by atoms with van der Waals surface area (Å²) in [6.07, 6.45) is 0. The van der Waals surface area contributed by atoms with Crippen LogP contribution in [0.15, 0.2) is 48.5 Å². The van der Waals surface area contributed by atoms with E-state index < -0.39 is 0 Å². The number of ether oxygens (including phenoxy) is 1. The largest absolute Gasteiger partial charge is 0.489 e. The van der Waals surface area contributed by atoms with Crippen LogP contribution in [0.5, 0.6) is 5.75 Å². The average molecular weight is 272 g/mol. The minimum Gasteiger partial charge on any atom is -0.489 e. The summed E-state index contributed by atoms with van der Waals surface area (Å²) in [4.78, 5) is 10.5. The van der Waals surface area contributed by atoms with Crippen LogP contribution in [0.1, 0.15) is 12.5 Å². The molecule has 0 saturated carbocycles. The molecular formula is C15H16N2O3. The highest BCUT2D eigenvalue weighted by atomic mass is 16.6. The Balaban J connectivity index is 2.12. The van der Waals surface area contributed by atoms with Gasteiger partial charge in [0.05, 0.1) is 4.92 Å². The Hall–Kier alpha value is -2.56. The molecule has 1 N–H and O–H groups in total. The summed E-state index contributed by atoms with van der Waals surface area (Å²) in [6, 6.07) is 14.4. The van der Waals surface area contributed by atoms with Crippen LogP contribution < -0.4 is 10.1 Å². The molecule has 0 bridgehead atoms. The molecule has 0 fully saturated rings. The second-order valence-corrected chi connectivity index (χ2v) is 4.24. The van der Waals surface area contributed by atoms with E-state index in [1.807, 2.05) is 37.3 Å². The Labute approximate surface area is 117 Å². The minimum absolute atomic E-state index is 0.0790. The van der Waals surface area contributed by atoms with Gasteiger partial charge in [-0.05, 0) is 36.8 Å². The number of para-hydroxylation sites is 1. The predicted octanol–water partition coefficient (Wildman–Crippen LogP) is 3.61. The van der Waals surface area contributed by atoms with Gasteiger partial charge in [0.2, 0.25) is 0 Å². The molecule has 2 rings (SSSR count). The number of benzene rings is 2. The summed E-state index contributed by atoms with van der Waals surface area (Å²) in [5, 5.41) is 13.9. The van der Waals surface area contributed by atoms with Gasteiger partial charge in [0.1, 0.15) is 18.0 Å². The summed E-state index contributed by atoms with van der Waals surface area (Å²) in [7, 11) is 0. The fourth-order valence-corrected chi connectivity index (χ4v) is 1.85. The maximum atomic E-state index is 10.9. The minimum atomic E-state index is -0.389. The van der Waals surface area contributed by atoms with Crippen LogP contribution in [0.25, 0.3) is 0 Å². The maximum Gasteiger partial charge on any atom is 0.292 e. The normalized spacial score (nSPS) is 10.1. The third kappa shape index (κ3) is 3.47. The molecule has 5 heteroatoms. The van der Waals surface area contributed by atoms with Crippen molar-refractivity contribution in [2.24, 2.45) is 0 Å². The third-order valence-corrected chi connectivity index (χ3v) is 2.77. The second kappa shape index (κ2) is 6.56. The van der Waals surface area contributed by atoms with Gasteiger partial charge in [-0.15, -0.1) is 0 Å². The summed E-state index contributed by atoms with van der Waals surface area (Å²) in [6.45, 7) is 2.90. The Morgan fingerprint density at radius 2 is 1.95 bits per heavy atom. The van der Waals surface area contributed by atoms with E-state index in [9.17, 15) is 10.1 Å². The molecule has 0 aliphatic carbocycles. The number of rotatable bonds is 6. The first-order valence-corrected chi connectivity index (χ1v) is 6.39.